The van der Waals surface area contributed by atoms with Gasteiger partial charge in [-0.05, 0) is 43.2 Å². The topological polar surface area (TPSA) is 85.7 Å². The Balaban J connectivity index is 1.60. The molecule has 2 atom stereocenters. The smallest absolute Gasteiger partial charge is 0.240 e. The van der Waals surface area contributed by atoms with Crippen molar-refractivity contribution in [2.75, 3.05) is 24.0 Å². The molecular weight excluding hydrogens is 560 g/mol. The second kappa shape index (κ2) is 11.5. The highest BCUT2D eigenvalue weighted by Crippen LogP contribution is 2.50. The summed E-state index contributed by atoms with van der Waals surface area (Å²) in [6.07, 6.45) is 0.780. The lowest BCUT2D eigenvalue weighted by Crippen LogP contribution is -2.44. The Hall–Kier alpha value is -3.95. The van der Waals surface area contributed by atoms with Crippen molar-refractivity contribution >= 4 is 41.0 Å². The predicted octanol–water partition coefficient (Wildman–Crippen LogP) is 6.01. The second-order valence-electron chi connectivity index (χ2n) is 9.98. The summed E-state index contributed by atoms with van der Waals surface area (Å²) < 4.78 is 13.0. The van der Waals surface area contributed by atoms with Gasteiger partial charge in [0.25, 0.3) is 0 Å². The number of halogens is 1. The highest BCUT2D eigenvalue weighted by molar-refractivity contribution is 8.00. The van der Waals surface area contributed by atoms with Crippen LogP contribution < -0.4 is 19.7 Å². The molecule has 1 N–H and O–H groups in total. The molecule has 4 aromatic rings. The third-order valence-electron chi connectivity index (χ3n) is 7.24. The molecule has 6 rings (SSSR count). The first-order chi connectivity index (χ1) is 19.9. The summed E-state index contributed by atoms with van der Waals surface area (Å²) in [5.41, 5.74) is 3.97. The third kappa shape index (κ3) is 5.27. The van der Waals surface area contributed by atoms with Crippen molar-refractivity contribution < 1.29 is 19.1 Å². The lowest BCUT2D eigenvalue weighted by molar-refractivity contribution is -0.123. The van der Waals surface area contributed by atoms with E-state index in [-0.39, 0.29) is 42.2 Å². The van der Waals surface area contributed by atoms with Gasteiger partial charge in [0.2, 0.25) is 18.6 Å². The van der Waals surface area contributed by atoms with Crippen LogP contribution in [-0.2, 0) is 9.59 Å². The number of benzene rings is 3. The van der Waals surface area contributed by atoms with E-state index in [0.29, 0.717) is 33.7 Å². The number of carbonyl (C=O) groups is 2. The van der Waals surface area contributed by atoms with E-state index >= 15 is 0 Å². The molecule has 0 saturated carbocycles. The number of ether oxygens (including phenoxy) is 2. The number of amides is 2. The van der Waals surface area contributed by atoms with E-state index in [4.69, 9.17) is 26.2 Å². The van der Waals surface area contributed by atoms with Crippen molar-refractivity contribution in [2.45, 2.75) is 31.6 Å². The molecular formula is C31H29ClN4O4S. The Kier molecular flexibility index (Phi) is 7.64. The number of thioether (sulfide) groups is 1. The Morgan fingerprint density at radius 3 is 2.63 bits per heavy atom. The van der Waals surface area contributed by atoms with Crippen LogP contribution in [0, 0.1) is 0 Å². The number of hydrogen-bond donors (Lipinski definition) is 1. The minimum Gasteiger partial charge on any atom is -0.454 e. The van der Waals surface area contributed by atoms with Gasteiger partial charge in [-0.1, -0.05) is 67.1 Å². The van der Waals surface area contributed by atoms with E-state index in [1.807, 2.05) is 80.6 Å². The molecule has 0 aliphatic carbocycles. The number of hydrogen-bond acceptors (Lipinski definition) is 6. The number of nitrogens with zero attached hydrogens (tertiary/aromatic N) is 3. The number of anilines is 1. The van der Waals surface area contributed by atoms with Crippen molar-refractivity contribution in [2.24, 2.45) is 0 Å². The van der Waals surface area contributed by atoms with Gasteiger partial charge in [0, 0.05) is 17.2 Å². The molecule has 2 aliphatic rings. The first kappa shape index (κ1) is 27.2. The molecule has 0 bridgehead atoms. The summed E-state index contributed by atoms with van der Waals surface area (Å²) in [6.45, 7) is 3.97. The Morgan fingerprint density at radius 2 is 1.85 bits per heavy atom. The Bertz CT molecular complexity index is 1610. The minimum absolute atomic E-state index is 0.0202. The van der Waals surface area contributed by atoms with Crippen LogP contribution in [0.15, 0.2) is 72.8 Å². The van der Waals surface area contributed by atoms with Crippen LogP contribution in [0.4, 0.5) is 5.82 Å². The molecule has 0 fully saturated rings. The molecule has 10 heteroatoms. The van der Waals surface area contributed by atoms with E-state index < -0.39 is 0 Å². The lowest BCUT2D eigenvalue weighted by atomic mass is 9.99. The zero-order valence-electron chi connectivity index (χ0n) is 22.7. The molecule has 0 radical (unpaired) electrons. The summed E-state index contributed by atoms with van der Waals surface area (Å²) in [7, 11) is 0. The van der Waals surface area contributed by atoms with E-state index in [0.717, 1.165) is 23.1 Å². The van der Waals surface area contributed by atoms with E-state index in [1.54, 1.807) is 15.6 Å². The minimum atomic E-state index is -0.294. The molecule has 1 aromatic heterocycles. The van der Waals surface area contributed by atoms with Crippen molar-refractivity contribution in [1.29, 1.82) is 0 Å². The first-order valence-corrected chi connectivity index (χ1v) is 14.9. The molecule has 3 heterocycles. The summed E-state index contributed by atoms with van der Waals surface area (Å²) in [5.74, 6) is 1.60. The van der Waals surface area contributed by atoms with Crippen LogP contribution in [0.1, 0.15) is 36.6 Å². The largest absolute Gasteiger partial charge is 0.454 e. The predicted molar refractivity (Wildman–Crippen MR) is 161 cm³/mol. The van der Waals surface area contributed by atoms with Gasteiger partial charge in [0.05, 0.1) is 27.4 Å². The average Bonchev–Trinajstić information content (AvgIpc) is 3.58. The van der Waals surface area contributed by atoms with Gasteiger partial charge in [-0.25, -0.2) is 4.68 Å². The maximum absolute atomic E-state index is 13.9. The molecule has 41 heavy (non-hydrogen) atoms. The van der Waals surface area contributed by atoms with Crippen LogP contribution in [0.2, 0.25) is 5.02 Å². The quantitative estimate of drug-likeness (QED) is 0.285. The number of fused-ring (bicyclic) bond motifs is 2. The van der Waals surface area contributed by atoms with Crippen LogP contribution >= 0.6 is 23.4 Å². The van der Waals surface area contributed by atoms with Crippen molar-refractivity contribution in [3.05, 3.63) is 88.9 Å². The second-order valence-corrected chi connectivity index (χ2v) is 11.5. The number of aromatic nitrogens is 2. The van der Waals surface area contributed by atoms with Gasteiger partial charge in [-0.2, -0.15) is 5.10 Å². The van der Waals surface area contributed by atoms with Crippen LogP contribution in [0.25, 0.3) is 16.9 Å². The maximum atomic E-state index is 13.9. The standard InChI is InChI=1S/C31H29ClN4O4S/c1-3-19(2)33-26(37)16-35-27(38)17-41-30(21-13-14-24-25(15-21)40-18-39-24)28-29(20-9-5-4-6-10-20)34-36(31(28)35)23-12-8-7-11-22(23)32/h4-15,19,30H,3,16-18H2,1-2H3,(H,33,37)/t19-,30-/m0/s1. The summed E-state index contributed by atoms with van der Waals surface area (Å²) in [5, 5.41) is 8.28. The number of para-hydroxylation sites is 1. The summed E-state index contributed by atoms with van der Waals surface area (Å²) in [4.78, 5) is 28.6. The molecule has 8 nitrogen and oxygen atoms in total. The number of nitrogens with one attached hydrogen (secondary N) is 1. The number of rotatable bonds is 7. The first-order valence-electron chi connectivity index (χ1n) is 13.5. The zero-order valence-corrected chi connectivity index (χ0v) is 24.2. The van der Waals surface area contributed by atoms with E-state index in [2.05, 4.69) is 5.32 Å². The highest BCUT2D eigenvalue weighted by Gasteiger charge is 2.38. The van der Waals surface area contributed by atoms with E-state index in [1.165, 1.54) is 11.8 Å². The average molecular weight is 589 g/mol. The fourth-order valence-corrected chi connectivity index (χ4v) is 6.43. The molecule has 0 unspecified atom stereocenters. The van der Waals surface area contributed by atoms with Crippen LogP contribution in [-0.4, -0.2) is 46.7 Å². The van der Waals surface area contributed by atoms with Gasteiger partial charge < -0.3 is 14.8 Å². The molecule has 210 valence electrons. The zero-order chi connectivity index (χ0) is 28.5. The third-order valence-corrected chi connectivity index (χ3v) is 8.81. The molecule has 0 saturated heterocycles. The fourth-order valence-electron chi connectivity index (χ4n) is 5.03. The summed E-state index contributed by atoms with van der Waals surface area (Å²) in [6, 6.07) is 23.0. The van der Waals surface area contributed by atoms with Crippen LogP contribution in [0.3, 0.4) is 0 Å². The maximum Gasteiger partial charge on any atom is 0.240 e. The van der Waals surface area contributed by atoms with Crippen molar-refractivity contribution in [3.8, 4) is 28.4 Å². The van der Waals surface area contributed by atoms with Gasteiger partial charge in [-0.3, -0.25) is 14.5 Å². The van der Waals surface area contributed by atoms with Crippen LogP contribution in [0.5, 0.6) is 11.5 Å². The highest BCUT2D eigenvalue weighted by atomic mass is 35.5. The van der Waals surface area contributed by atoms with Crippen molar-refractivity contribution in [1.82, 2.24) is 15.1 Å². The van der Waals surface area contributed by atoms with Crippen molar-refractivity contribution in [3.63, 3.8) is 0 Å². The normalized spacial score (nSPS) is 16.7. The molecule has 0 spiro atoms. The van der Waals surface area contributed by atoms with E-state index in [9.17, 15) is 9.59 Å². The molecule has 2 amide bonds. The fraction of sp³-hybridized carbons (Fsp3) is 0.258. The van der Waals surface area contributed by atoms with Gasteiger partial charge in [0.1, 0.15) is 12.4 Å². The number of carbonyl (C=O) groups excluding carboxylic acids is 2. The monoisotopic (exact) mass is 588 g/mol. The Morgan fingerprint density at radius 1 is 1.10 bits per heavy atom. The molecule has 3 aromatic carbocycles. The van der Waals surface area contributed by atoms with Gasteiger partial charge in [0.15, 0.2) is 11.5 Å². The molecule has 2 aliphatic heterocycles. The van der Waals surface area contributed by atoms with Gasteiger partial charge in [-0.15, -0.1) is 11.8 Å². The lowest BCUT2D eigenvalue weighted by Gasteiger charge is -2.24. The SMILES string of the molecule is CC[C@H](C)NC(=O)CN1C(=O)CS[C@@H](c2ccc3c(c2)OCO3)c2c(-c3ccccc3)nn(-c3ccccc3Cl)c21. The Labute approximate surface area is 247 Å². The van der Waals surface area contributed by atoms with Gasteiger partial charge >= 0.3 is 0 Å². The summed E-state index contributed by atoms with van der Waals surface area (Å²) >= 11 is 8.21.